The quantitative estimate of drug-likeness (QED) is 0.570. The summed E-state index contributed by atoms with van der Waals surface area (Å²) in [6.07, 6.45) is 2.36. The number of halogens is 1. The molecule has 2 aliphatic rings. The fraction of sp³-hybridized carbons (Fsp3) is 0.450. The number of aromatic nitrogens is 1. The lowest BCUT2D eigenvalue weighted by Crippen LogP contribution is -2.47. The highest BCUT2D eigenvalue weighted by molar-refractivity contribution is 7.89. The lowest BCUT2D eigenvalue weighted by Gasteiger charge is -2.36. The molecule has 0 saturated carbocycles. The van der Waals surface area contributed by atoms with Crippen molar-refractivity contribution in [1.82, 2.24) is 13.8 Å². The summed E-state index contributed by atoms with van der Waals surface area (Å²) in [7, 11) is -1.86. The molecule has 1 aromatic heterocycles. The molecule has 0 radical (unpaired) electrons. The average molecular weight is 436 g/mol. The van der Waals surface area contributed by atoms with Gasteiger partial charge in [0.15, 0.2) is 0 Å². The van der Waals surface area contributed by atoms with Crippen molar-refractivity contribution in [1.29, 1.82) is 0 Å². The van der Waals surface area contributed by atoms with E-state index in [9.17, 15) is 18.0 Å². The molecule has 1 aromatic carbocycles. The predicted octanol–water partition coefficient (Wildman–Crippen LogP) is 1.56. The highest BCUT2D eigenvalue weighted by atomic mass is 32.2. The first kappa shape index (κ1) is 20.8. The number of hydrogen-bond donors (Lipinski definition) is 1. The van der Waals surface area contributed by atoms with Crippen LogP contribution in [0.25, 0.3) is 0 Å². The molecule has 0 atom stereocenters. The molecule has 1 saturated heterocycles. The molecule has 0 spiro atoms. The van der Waals surface area contributed by atoms with Crippen molar-refractivity contribution in [3.8, 4) is 0 Å². The predicted molar refractivity (Wildman–Crippen MR) is 112 cm³/mol. The van der Waals surface area contributed by atoms with Crippen LogP contribution in [0.1, 0.15) is 12.1 Å². The van der Waals surface area contributed by atoms with Gasteiger partial charge in [0.25, 0.3) is 0 Å². The number of aryl methyl sites for hydroxylation is 1. The van der Waals surface area contributed by atoms with Gasteiger partial charge in [0, 0.05) is 51.7 Å². The van der Waals surface area contributed by atoms with E-state index in [0.29, 0.717) is 24.4 Å². The molecule has 1 N–H and O–H groups in total. The third-order valence-corrected chi connectivity index (χ3v) is 7.70. The number of anilines is 1. The first-order valence-corrected chi connectivity index (χ1v) is 11.4. The molecular weight excluding hydrogens is 409 g/mol. The van der Waals surface area contributed by atoms with Gasteiger partial charge in [-0.1, -0.05) is 5.16 Å². The lowest BCUT2D eigenvalue weighted by molar-refractivity contribution is 0.247. The Morgan fingerprint density at radius 1 is 1.07 bits per heavy atom. The molecule has 3 heterocycles. The average Bonchev–Trinajstić information content (AvgIpc) is 3.14. The van der Waals surface area contributed by atoms with E-state index in [1.54, 1.807) is 36.0 Å². The maximum atomic E-state index is 13.1. The molecule has 8 nitrogen and oxygen atoms in total. The van der Waals surface area contributed by atoms with Gasteiger partial charge in [0.2, 0.25) is 10.0 Å². The van der Waals surface area contributed by atoms with Crippen molar-refractivity contribution < 1.29 is 18.0 Å². The van der Waals surface area contributed by atoms with Gasteiger partial charge in [-0.3, -0.25) is 4.90 Å². The minimum atomic E-state index is -3.59. The van der Waals surface area contributed by atoms with Gasteiger partial charge in [0.05, 0.1) is 12.2 Å². The smallest absolute Gasteiger partial charge is 0.245 e. The summed E-state index contributed by atoms with van der Waals surface area (Å²) in [5, 5.41) is 12.7. The number of nitrogens with zero attached hydrogens (tertiary/aromatic N) is 5. The van der Waals surface area contributed by atoms with Gasteiger partial charge in [-0.05, 0) is 43.3 Å². The Hall–Kier alpha value is -2.43. The Morgan fingerprint density at radius 2 is 1.77 bits per heavy atom. The number of oxime groups is 1. The Morgan fingerprint density at radius 3 is 2.43 bits per heavy atom. The number of piperazine rings is 1. The molecular formula is C20H26FN5O3S. The van der Waals surface area contributed by atoms with Crippen LogP contribution in [0.4, 0.5) is 10.1 Å². The highest BCUT2D eigenvalue weighted by Gasteiger charge is 2.37. The van der Waals surface area contributed by atoms with Crippen molar-refractivity contribution in [3.63, 3.8) is 0 Å². The van der Waals surface area contributed by atoms with Crippen molar-refractivity contribution >= 4 is 21.4 Å². The van der Waals surface area contributed by atoms with E-state index in [0.717, 1.165) is 38.4 Å². The second-order valence-corrected chi connectivity index (χ2v) is 9.59. The number of fused-ring (bicyclic) bond motifs is 1. The Kier molecular flexibility index (Phi) is 5.81. The normalized spacial score (nSPS) is 21.1. The summed E-state index contributed by atoms with van der Waals surface area (Å²) in [5.74, 6) is -0.234. The summed E-state index contributed by atoms with van der Waals surface area (Å²) in [6, 6.07) is 8.09. The summed E-state index contributed by atoms with van der Waals surface area (Å²) in [4.78, 5) is 4.73. The monoisotopic (exact) mass is 435 g/mol. The van der Waals surface area contributed by atoms with Gasteiger partial charge < -0.3 is 14.7 Å². The molecule has 2 aromatic rings. The van der Waals surface area contributed by atoms with Crippen molar-refractivity contribution in [2.75, 3.05) is 50.7 Å². The molecule has 30 heavy (non-hydrogen) atoms. The van der Waals surface area contributed by atoms with Crippen LogP contribution in [-0.2, 0) is 17.1 Å². The van der Waals surface area contributed by atoms with E-state index < -0.39 is 10.0 Å². The second-order valence-electron chi connectivity index (χ2n) is 7.68. The molecule has 1 fully saturated rings. The van der Waals surface area contributed by atoms with Crippen molar-refractivity contribution in [2.45, 2.75) is 11.3 Å². The van der Waals surface area contributed by atoms with Gasteiger partial charge in [0.1, 0.15) is 16.4 Å². The van der Waals surface area contributed by atoms with E-state index in [4.69, 9.17) is 0 Å². The molecule has 0 bridgehead atoms. The maximum absolute atomic E-state index is 13.1. The van der Waals surface area contributed by atoms with Crippen LogP contribution in [0.5, 0.6) is 0 Å². The van der Waals surface area contributed by atoms with Crippen LogP contribution < -0.4 is 4.90 Å². The SMILES string of the molecule is Cn1ccc2c1/C(=N\O)CN(CCCN1CCN(c3ccc(F)cc3)CC1)S2(=O)=O. The zero-order valence-corrected chi connectivity index (χ0v) is 17.7. The standard InChI is InChI=1S/C20H26FN5O3S/c1-23-10-7-19-20(23)18(22-27)15-26(30(19,28)29)9-2-8-24-11-13-25(14-12-24)17-5-3-16(21)4-6-17/h3-7,10,27H,2,8-9,11-15H2,1H3/b22-18-. The molecule has 162 valence electrons. The molecule has 4 rings (SSSR count). The van der Waals surface area contributed by atoms with Crippen LogP contribution in [0.2, 0.25) is 0 Å². The van der Waals surface area contributed by atoms with Crippen LogP contribution in [0.3, 0.4) is 0 Å². The summed E-state index contributed by atoms with van der Waals surface area (Å²) >= 11 is 0. The fourth-order valence-electron chi connectivity index (χ4n) is 4.16. The molecule has 0 unspecified atom stereocenters. The fourth-order valence-corrected chi connectivity index (χ4v) is 5.84. The first-order chi connectivity index (χ1) is 14.4. The summed E-state index contributed by atoms with van der Waals surface area (Å²) in [6.45, 7) is 4.67. The zero-order chi connectivity index (χ0) is 21.3. The van der Waals surface area contributed by atoms with Crippen LogP contribution in [0.15, 0.2) is 46.6 Å². The minimum absolute atomic E-state index is 0.0715. The van der Waals surface area contributed by atoms with Crippen molar-refractivity contribution in [2.24, 2.45) is 12.2 Å². The zero-order valence-electron chi connectivity index (χ0n) is 16.9. The van der Waals surface area contributed by atoms with Crippen molar-refractivity contribution in [3.05, 3.63) is 48.0 Å². The largest absolute Gasteiger partial charge is 0.411 e. The van der Waals surface area contributed by atoms with Gasteiger partial charge in [-0.2, -0.15) is 4.31 Å². The number of sulfonamides is 1. The van der Waals surface area contributed by atoms with E-state index in [1.165, 1.54) is 16.4 Å². The third kappa shape index (κ3) is 3.94. The molecule has 0 amide bonds. The first-order valence-electron chi connectivity index (χ1n) is 10.00. The number of benzene rings is 1. The summed E-state index contributed by atoms with van der Waals surface area (Å²) < 4.78 is 42.0. The maximum Gasteiger partial charge on any atom is 0.245 e. The lowest BCUT2D eigenvalue weighted by atomic mass is 10.2. The Balaban J connectivity index is 1.31. The van der Waals surface area contributed by atoms with E-state index in [1.807, 2.05) is 0 Å². The second kappa shape index (κ2) is 8.37. The Labute approximate surface area is 175 Å². The van der Waals surface area contributed by atoms with Gasteiger partial charge in [-0.15, -0.1) is 0 Å². The topological polar surface area (TPSA) is 81.4 Å². The number of rotatable bonds is 5. The minimum Gasteiger partial charge on any atom is -0.411 e. The highest BCUT2D eigenvalue weighted by Crippen LogP contribution is 2.27. The van der Waals surface area contributed by atoms with E-state index >= 15 is 0 Å². The van der Waals surface area contributed by atoms with Crippen LogP contribution in [0, 0.1) is 5.82 Å². The summed E-state index contributed by atoms with van der Waals surface area (Å²) in [5.41, 5.74) is 1.83. The van der Waals surface area contributed by atoms with E-state index in [-0.39, 0.29) is 17.3 Å². The Bertz CT molecular complexity index is 1030. The molecule has 2 aliphatic heterocycles. The van der Waals surface area contributed by atoms with E-state index in [2.05, 4.69) is 15.0 Å². The van der Waals surface area contributed by atoms with Gasteiger partial charge in [-0.25, -0.2) is 12.8 Å². The molecule has 0 aliphatic carbocycles. The van der Waals surface area contributed by atoms with Crippen LogP contribution >= 0.6 is 0 Å². The molecule has 10 heteroatoms. The third-order valence-electron chi connectivity index (χ3n) is 5.82. The number of hydrogen-bond acceptors (Lipinski definition) is 6. The van der Waals surface area contributed by atoms with Crippen LogP contribution in [-0.4, -0.2) is 78.9 Å². The van der Waals surface area contributed by atoms with Gasteiger partial charge >= 0.3 is 0 Å².